The van der Waals surface area contributed by atoms with E-state index in [0.29, 0.717) is 24.8 Å². The summed E-state index contributed by atoms with van der Waals surface area (Å²) in [4.78, 5) is 18.6. The molecule has 0 saturated carbocycles. The quantitative estimate of drug-likeness (QED) is 0.720. The van der Waals surface area contributed by atoms with Gasteiger partial charge in [-0.3, -0.25) is 9.78 Å². The van der Waals surface area contributed by atoms with E-state index in [1.807, 2.05) is 36.4 Å². The second-order valence-corrected chi connectivity index (χ2v) is 7.52. The van der Waals surface area contributed by atoms with Crippen LogP contribution in [-0.2, 0) is 0 Å². The van der Waals surface area contributed by atoms with Crippen LogP contribution < -0.4 is 4.74 Å². The largest absolute Gasteiger partial charge is 0.504 e. The number of hydrogen-bond acceptors (Lipinski definition) is 5. The van der Waals surface area contributed by atoms with E-state index in [9.17, 15) is 9.90 Å². The van der Waals surface area contributed by atoms with Crippen molar-refractivity contribution in [3.63, 3.8) is 0 Å². The van der Waals surface area contributed by atoms with Crippen LogP contribution >= 0.6 is 0 Å². The lowest BCUT2D eigenvalue weighted by molar-refractivity contribution is 0.0763. The molecule has 1 atom stereocenters. The minimum Gasteiger partial charge on any atom is -0.504 e. The van der Waals surface area contributed by atoms with Gasteiger partial charge in [0.15, 0.2) is 11.4 Å². The van der Waals surface area contributed by atoms with Crippen LogP contribution in [0, 0.1) is 0 Å². The molecule has 1 fully saturated rings. The molecule has 1 aliphatic rings. The van der Waals surface area contributed by atoms with Gasteiger partial charge in [-0.25, -0.2) is 4.68 Å². The summed E-state index contributed by atoms with van der Waals surface area (Å²) in [6.07, 6.45) is 5.43. The number of rotatable bonds is 5. The third-order valence-corrected chi connectivity index (χ3v) is 5.09. The molecule has 7 nitrogen and oxygen atoms in total. The highest BCUT2D eigenvalue weighted by molar-refractivity contribution is 5.95. The number of ether oxygens (including phenoxy) is 1. The smallest absolute Gasteiger partial charge is 0.278 e. The summed E-state index contributed by atoms with van der Waals surface area (Å²) in [5.41, 5.74) is 2.07. The fourth-order valence-corrected chi connectivity index (χ4v) is 3.43. The first kappa shape index (κ1) is 19.0. The molecule has 1 N–H and O–H groups in total. The lowest BCUT2D eigenvalue weighted by Gasteiger charge is -2.16. The predicted octanol–water partition coefficient (Wildman–Crippen LogP) is 3.39. The zero-order valence-corrected chi connectivity index (χ0v) is 16.5. The second kappa shape index (κ2) is 7.95. The molecule has 1 aromatic carbocycles. The number of pyridine rings is 1. The summed E-state index contributed by atoms with van der Waals surface area (Å²) in [6, 6.07) is 11.6. The average Bonchev–Trinajstić information content (AvgIpc) is 3.35. The Bertz CT molecular complexity index is 983. The van der Waals surface area contributed by atoms with Gasteiger partial charge in [0.1, 0.15) is 11.9 Å². The van der Waals surface area contributed by atoms with Crippen molar-refractivity contribution in [1.82, 2.24) is 19.7 Å². The molecule has 1 unspecified atom stereocenters. The zero-order chi connectivity index (χ0) is 20.4. The van der Waals surface area contributed by atoms with Gasteiger partial charge in [-0.05, 0) is 35.7 Å². The minimum absolute atomic E-state index is 0.0555. The Labute approximate surface area is 169 Å². The standard InChI is InChI=1S/C22H24N4O3/c1-15(2)16-5-7-17(8-6-16)26-14-20(27)21(24-26)22(28)25-11-9-19(13-25)29-18-4-3-10-23-12-18/h3-8,10,12,14-15,19,27H,9,11,13H2,1-2H3. The van der Waals surface area contributed by atoms with Gasteiger partial charge in [0.05, 0.1) is 24.6 Å². The SMILES string of the molecule is CC(C)c1ccc(-n2cc(O)c(C(=O)N3CCC(Oc4cccnc4)C3)n2)cc1. The zero-order valence-electron chi connectivity index (χ0n) is 16.5. The summed E-state index contributed by atoms with van der Waals surface area (Å²) < 4.78 is 7.42. The Kier molecular flexibility index (Phi) is 5.20. The van der Waals surface area contributed by atoms with Gasteiger partial charge in [-0.15, -0.1) is 0 Å². The number of carbonyl (C=O) groups excluding carboxylic acids is 1. The van der Waals surface area contributed by atoms with Crippen molar-refractivity contribution < 1.29 is 14.6 Å². The van der Waals surface area contributed by atoms with Crippen molar-refractivity contribution in [2.75, 3.05) is 13.1 Å². The van der Waals surface area contributed by atoms with E-state index in [2.05, 4.69) is 23.9 Å². The van der Waals surface area contributed by atoms with E-state index < -0.39 is 0 Å². The third-order valence-electron chi connectivity index (χ3n) is 5.09. The van der Waals surface area contributed by atoms with Crippen LogP contribution in [0.1, 0.15) is 42.2 Å². The van der Waals surface area contributed by atoms with E-state index >= 15 is 0 Å². The van der Waals surface area contributed by atoms with Gasteiger partial charge in [0.25, 0.3) is 5.91 Å². The molecule has 0 radical (unpaired) electrons. The highest BCUT2D eigenvalue weighted by Gasteiger charge is 2.31. The maximum absolute atomic E-state index is 12.9. The Morgan fingerprint density at radius 3 is 2.72 bits per heavy atom. The first-order valence-electron chi connectivity index (χ1n) is 9.76. The molecule has 1 amide bonds. The number of aromatic hydroxyl groups is 1. The lowest BCUT2D eigenvalue weighted by Crippen LogP contribution is -2.31. The Balaban J connectivity index is 1.45. The van der Waals surface area contributed by atoms with Crippen LogP contribution in [0.2, 0.25) is 0 Å². The van der Waals surface area contributed by atoms with Gasteiger partial charge < -0.3 is 14.7 Å². The Morgan fingerprint density at radius 2 is 2.03 bits per heavy atom. The minimum atomic E-state index is -0.294. The molecule has 3 heterocycles. The first-order chi connectivity index (χ1) is 14.0. The van der Waals surface area contributed by atoms with E-state index in [0.717, 1.165) is 12.1 Å². The van der Waals surface area contributed by atoms with Crippen LogP contribution in [0.25, 0.3) is 5.69 Å². The van der Waals surface area contributed by atoms with E-state index in [4.69, 9.17) is 4.74 Å². The monoisotopic (exact) mass is 392 g/mol. The maximum atomic E-state index is 12.9. The maximum Gasteiger partial charge on any atom is 0.278 e. The average molecular weight is 392 g/mol. The number of benzene rings is 1. The molecule has 2 aromatic heterocycles. The topological polar surface area (TPSA) is 80.5 Å². The van der Waals surface area contributed by atoms with Gasteiger partial charge in [-0.1, -0.05) is 26.0 Å². The number of carbonyl (C=O) groups is 1. The van der Waals surface area contributed by atoms with E-state index in [1.54, 1.807) is 17.3 Å². The van der Waals surface area contributed by atoms with Crippen LogP contribution in [0.3, 0.4) is 0 Å². The van der Waals surface area contributed by atoms with Gasteiger partial charge in [-0.2, -0.15) is 5.10 Å². The predicted molar refractivity (Wildman–Crippen MR) is 108 cm³/mol. The first-order valence-corrected chi connectivity index (χ1v) is 9.76. The van der Waals surface area contributed by atoms with Crippen molar-refractivity contribution in [1.29, 1.82) is 0 Å². The number of hydrogen-bond donors (Lipinski definition) is 1. The van der Waals surface area contributed by atoms with Crippen LogP contribution in [0.15, 0.2) is 55.0 Å². The van der Waals surface area contributed by atoms with Gasteiger partial charge in [0.2, 0.25) is 0 Å². The van der Waals surface area contributed by atoms with E-state index in [1.165, 1.54) is 16.4 Å². The fourth-order valence-electron chi connectivity index (χ4n) is 3.43. The summed E-state index contributed by atoms with van der Waals surface area (Å²) in [7, 11) is 0. The van der Waals surface area contributed by atoms with E-state index in [-0.39, 0.29) is 23.5 Å². The molecule has 7 heteroatoms. The third kappa shape index (κ3) is 4.08. The molecule has 150 valence electrons. The highest BCUT2D eigenvalue weighted by atomic mass is 16.5. The van der Waals surface area contributed by atoms with Crippen LogP contribution in [-0.4, -0.2) is 49.9 Å². The molecule has 4 rings (SSSR count). The number of likely N-dealkylation sites (tertiary alicyclic amines) is 1. The van der Waals surface area contributed by atoms with Crippen molar-refractivity contribution in [3.8, 4) is 17.2 Å². The van der Waals surface area contributed by atoms with Gasteiger partial charge in [0, 0.05) is 19.2 Å². The van der Waals surface area contributed by atoms with Crippen LogP contribution in [0.5, 0.6) is 11.5 Å². The molecule has 3 aromatic rings. The molecule has 0 aliphatic carbocycles. The summed E-state index contributed by atoms with van der Waals surface area (Å²) >= 11 is 0. The van der Waals surface area contributed by atoms with Gasteiger partial charge >= 0.3 is 0 Å². The number of amides is 1. The molecule has 0 spiro atoms. The normalized spacial score (nSPS) is 16.4. The highest BCUT2D eigenvalue weighted by Crippen LogP contribution is 2.24. The molecule has 29 heavy (non-hydrogen) atoms. The molecule has 1 aliphatic heterocycles. The Morgan fingerprint density at radius 1 is 1.24 bits per heavy atom. The lowest BCUT2D eigenvalue weighted by atomic mass is 10.0. The summed E-state index contributed by atoms with van der Waals surface area (Å²) in [5, 5.41) is 14.6. The fraction of sp³-hybridized carbons (Fsp3) is 0.318. The number of nitrogens with zero attached hydrogens (tertiary/aromatic N) is 4. The number of aromatic nitrogens is 3. The summed E-state index contributed by atoms with van der Waals surface area (Å²) in [5.74, 6) is 0.699. The Hall–Kier alpha value is -3.35. The molecular weight excluding hydrogens is 368 g/mol. The molecular formula is C22H24N4O3. The second-order valence-electron chi connectivity index (χ2n) is 7.52. The van der Waals surface area contributed by atoms with Crippen LogP contribution in [0.4, 0.5) is 0 Å². The van der Waals surface area contributed by atoms with Crippen molar-refractivity contribution >= 4 is 5.91 Å². The molecule has 1 saturated heterocycles. The van der Waals surface area contributed by atoms with Crippen molar-refractivity contribution in [2.24, 2.45) is 0 Å². The summed E-state index contributed by atoms with van der Waals surface area (Å²) in [6.45, 7) is 5.27. The molecule has 0 bridgehead atoms. The van der Waals surface area contributed by atoms with Crippen molar-refractivity contribution in [2.45, 2.75) is 32.3 Å². The van der Waals surface area contributed by atoms with Crippen molar-refractivity contribution in [3.05, 3.63) is 66.2 Å².